The Morgan fingerprint density at radius 2 is 1.62 bits per heavy atom. The molecular weight excluding hydrogens is 424 g/mol. The van der Waals surface area contributed by atoms with E-state index in [2.05, 4.69) is 43.3 Å². The van der Waals surface area contributed by atoms with Crippen LogP contribution in [0.25, 0.3) is 22.2 Å². The molecule has 0 amide bonds. The first-order chi connectivity index (χ1) is 15.2. The lowest BCUT2D eigenvalue weighted by Gasteiger charge is -2.15. The van der Waals surface area contributed by atoms with E-state index >= 15 is 0 Å². The highest BCUT2D eigenvalue weighted by molar-refractivity contribution is 7.13. The minimum atomic E-state index is -0.904. The van der Waals surface area contributed by atoms with Crippen molar-refractivity contribution >= 4 is 11.3 Å². The number of benzene rings is 1. The van der Waals surface area contributed by atoms with Crippen molar-refractivity contribution in [3.63, 3.8) is 0 Å². The first-order valence-electron chi connectivity index (χ1n) is 11.2. The van der Waals surface area contributed by atoms with Crippen molar-refractivity contribution in [1.82, 2.24) is 10.2 Å². The number of aliphatic hydroxyl groups excluding tert-OH is 2. The van der Waals surface area contributed by atoms with E-state index < -0.39 is 6.10 Å². The van der Waals surface area contributed by atoms with Gasteiger partial charge in [-0.15, -0.1) is 21.5 Å². The van der Waals surface area contributed by atoms with Gasteiger partial charge in [-0.05, 0) is 78.3 Å². The van der Waals surface area contributed by atoms with E-state index in [0.717, 1.165) is 34.4 Å². The smallest absolute Gasteiger partial charge is 0.258 e. The number of aryl methyl sites for hydroxylation is 2. The minimum Gasteiger partial charge on any atom is -0.490 e. The molecule has 0 saturated carbocycles. The van der Waals surface area contributed by atoms with Crippen molar-refractivity contribution in [3.05, 3.63) is 39.8 Å². The Hall–Kier alpha value is -2.22. The van der Waals surface area contributed by atoms with Crippen LogP contribution in [0, 0.1) is 25.7 Å². The van der Waals surface area contributed by atoms with Gasteiger partial charge in [-0.3, -0.25) is 0 Å². The van der Waals surface area contributed by atoms with Crippen LogP contribution in [0.15, 0.2) is 21.9 Å². The molecule has 0 aliphatic rings. The Morgan fingerprint density at radius 1 is 1.00 bits per heavy atom. The van der Waals surface area contributed by atoms with E-state index in [0.29, 0.717) is 29.4 Å². The van der Waals surface area contributed by atoms with Gasteiger partial charge in [0.1, 0.15) is 18.5 Å². The predicted octanol–water partition coefficient (Wildman–Crippen LogP) is 5.21. The molecule has 2 heterocycles. The molecule has 0 saturated heterocycles. The Morgan fingerprint density at radius 3 is 2.22 bits per heavy atom. The van der Waals surface area contributed by atoms with E-state index in [1.807, 2.05) is 26.0 Å². The number of hydrogen-bond acceptors (Lipinski definition) is 7. The summed E-state index contributed by atoms with van der Waals surface area (Å²) in [6.45, 7) is 12.5. The molecule has 1 aromatic carbocycles. The van der Waals surface area contributed by atoms with Crippen molar-refractivity contribution < 1.29 is 19.4 Å². The van der Waals surface area contributed by atoms with E-state index in [-0.39, 0.29) is 13.2 Å². The van der Waals surface area contributed by atoms with Crippen LogP contribution in [0.2, 0.25) is 0 Å². The summed E-state index contributed by atoms with van der Waals surface area (Å²) in [6, 6.07) is 3.89. The number of thiophene rings is 1. The Bertz CT molecular complexity index is 1020. The number of hydrogen-bond donors (Lipinski definition) is 2. The molecule has 0 fully saturated rings. The molecule has 174 valence electrons. The number of aliphatic hydroxyl groups is 2. The van der Waals surface area contributed by atoms with Crippen molar-refractivity contribution in [2.24, 2.45) is 11.8 Å². The largest absolute Gasteiger partial charge is 0.490 e. The molecular formula is C25H34N2O4S. The second-order valence-electron chi connectivity index (χ2n) is 9.26. The van der Waals surface area contributed by atoms with Crippen LogP contribution in [0.4, 0.5) is 0 Å². The van der Waals surface area contributed by atoms with E-state index in [1.54, 1.807) is 11.3 Å². The van der Waals surface area contributed by atoms with Crippen molar-refractivity contribution in [3.8, 4) is 28.0 Å². The number of aromatic nitrogens is 2. The fourth-order valence-electron chi connectivity index (χ4n) is 3.81. The Kier molecular flexibility index (Phi) is 8.09. The maximum Gasteiger partial charge on any atom is 0.258 e. The SMILES string of the molecule is Cc1cc(-c2nnc(-c3scc(CC(C)C)c3CC(C)C)o2)cc(C)c1OCC(O)CO. The van der Waals surface area contributed by atoms with E-state index in [4.69, 9.17) is 14.3 Å². The Balaban J connectivity index is 1.90. The zero-order chi connectivity index (χ0) is 23.4. The second-order valence-corrected chi connectivity index (χ2v) is 10.1. The van der Waals surface area contributed by atoms with Gasteiger partial charge >= 0.3 is 0 Å². The summed E-state index contributed by atoms with van der Waals surface area (Å²) in [5, 5.41) is 29.5. The van der Waals surface area contributed by atoms with E-state index in [1.165, 1.54) is 11.1 Å². The zero-order valence-corrected chi connectivity index (χ0v) is 20.6. The van der Waals surface area contributed by atoms with Gasteiger partial charge in [0.2, 0.25) is 5.89 Å². The zero-order valence-electron chi connectivity index (χ0n) is 19.8. The summed E-state index contributed by atoms with van der Waals surface area (Å²) in [4.78, 5) is 1.07. The second kappa shape index (κ2) is 10.6. The molecule has 32 heavy (non-hydrogen) atoms. The first kappa shape index (κ1) is 24.4. The molecule has 0 spiro atoms. The van der Waals surface area contributed by atoms with Gasteiger partial charge in [0.25, 0.3) is 5.89 Å². The van der Waals surface area contributed by atoms with Crippen LogP contribution in [0.3, 0.4) is 0 Å². The highest BCUT2D eigenvalue weighted by Gasteiger charge is 2.21. The summed E-state index contributed by atoms with van der Waals surface area (Å²) in [6.07, 6.45) is 1.13. The van der Waals surface area contributed by atoms with Gasteiger partial charge in [-0.1, -0.05) is 27.7 Å². The number of rotatable bonds is 10. The predicted molar refractivity (Wildman–Crippen MR) is 128 cm³/mol. The van der Waals surface area contributed by atoms with E-state index in [9.17, 15) is 5.11 Å². The normalized spacial score (nSPS) is 12.7. The van der Waals surface area contributed by atoms with Crippen molar-refractivity contribution in [1.29, 1.82) is 0 Å². The minimum absolute atomic E-state index is 0.0396. The monoisotopic (exact) mass is 458 g/mol. The van der Waals surface area contributed by atoms with Crippen LogP contribution in [-0.4, -0.2) is 39.7 Å². The highest BCUT2D eigenvalue weighted by Crippen LogP contribution is 2.37. The third kappa shape index (κ3) is 5.77. The van der Waals surface area contributed by atoms with Gasteiger partial charge < -0.3 is 19.4 Å². The van der Waals surface area contributed by atoms with Crippen LogP contribution < -0.4 is 4.74 Å². The molecule has 0 aliphatic carbocycles. The van der Waals surface area contributed by atoms with Gasteiger partial charge in [0.05, 0.1) is 11.5 Å². The molecule has 0 radical (unpaired) electrons. The average Bonchev–Trinajstić information content (AvgIpc) is 3.34. The van der Waals surface area contributed by atoms with Gasteiger partial charge in [0, 0.05) is 5.56 Å². The lowest BCUT2D eigenvalue weighted by atomic mass is 9.95. The van der Waals surface area contributed by atoms with Crippen LogP contribution in [0.1, 0.15) is 49.9 Å². The van der Waals surface area contributed by atoms with Crippen LogP contribution in [-0.2, 0) is 12.8 Å². The molecule has 0 aliphatic heterocycles. The van der Waals surface area contributed by atoms with Crippen molar-refractivity contribution in [2.75, 3.05) is 13.2 Å². The molecule has 2 N–H and O–H groups in total. The fourth-order valence-corrected chi connectivity index (χ4v) is 4.84. The van der Waals surface area contributed by atoms with Gasteiger partial charge in [0.15, 0.2) is 0 Å². The van der Waals surface area contributed by atoms with Crippen LogP contribution >= 0.6 is 11.3 Å². The first-order valence-corrected chi connectivity index (χ1v) is 12.0. The highest BCUT2D eigenvalue weighted by atomic mass is 32.1. The molecule has 1 atom stereocenters. The van der Waals surface area contributed by atoms with Gasteiger partial charge in [-0.2, -0.15) is 0 Å². The molecule has 2 aromatic heterocycles. The maximum absolute atomic E-state index is 9.56. The third-order valence-corrected chi connectivity index (χ3v) is 6.24. The molecule has 3 aromatic rings. The number of ether oxygens (including phenoxy) is 1. The Labute approximate surface area is 194 Å². The standard InChI is InChI=1S/C25H34N2O4S/c1-14(2)7-19-13-32-23(21(19)8-15(3)4)25-27-26-24(31-25)18-9-16(5)22(17(6)10-18)30-12-20(29)11-28/h9-10,13-15,20,28-29H,7-8,11-12H2,1-6H3. The summed E-state index contributed by atoms with van der Waals surface area (Å²) >= 11 is 1.68. The summed E-state index contributed by atoms with van der Waals surface area (Å²) in [7, 11) is 0. The van der Waals surface area contributed by atoms with Crippen molar-refractivity contribution in [2.45, 2.75) is 60.5 Å². The lowest BCUT2D eigenvalue weighted by molar-refractivity contribution is 0.0532. The molecule has 6 nitrogen and oxygen atoms in total. The lowest BCUT2D eigenvalue weighted by Crippen LogP contribution is -2.21. The summed E-state index contributed by atoms with van der Waals surface area (Å²) in [5.41, 5.74) is 5.35. The number of nitrogens with zero attached hydrogens (tertiary/aromatic N) is 2. The average molecular weight is 459 g/mol. The van der Waals surface area contributed by atoms with Gasteiger partial charge in [-0.25, -0.2) is 0 Å². The third-order valence-electron chi connectivity index (χ3n) is 5.18. The summed E-state index contributed by atoms with van der Waals surface area (Å²) < 4.78 is 11.8. The quantitative estimate of drug-likeness (QED) is 0.433. The molecule has 0 bridgehead atoms. The van der Waals surface area contributed by atoms with Crippen LogP contribution in [0.5, 0.6) is 5.75 Å². The fraction of sp³-hybridized carbons (Fsp3) is 0.520. The molecule has 7 heteroatoms. The molecule has 1 unspecified atom stereocenters. The topological polar surface area (TPSA) is 88.6 Å². The summed E-state index contributed by atoms with van der Waals surface area (Å²) in [5.74, 6) is 2.86. The molecule has 3 rings (SSSR count). The maximum atomic E-state index is 9.56.